The van der Waals surface area contributed by atoms with Crippen LogP contribution in [0.1, 0.15) is 25.1 Å². The zero-order valence-electron chi connectivity index (χ0n) is 9.90. The third-order valence-electron chi connectivity index (χ3n) is 2.20. The molecule has 1 heterocycles. The first-order chi connectivity index (χ1) is 7.71. The van der Waals surface area contributed by atoms with Gasteiger partial charge in [-0.1, -0.05) is 24.8 Å². The second-order valence-corrected chi connectivity index (χ2v) is 4.05. The van der Waals surface area contributed by atoms with Crippen LogP contribution < -0.4 is 5.73 Å². The third kappa shape index (κ3) is 3.38. The van der Waals surface area contributed by atoms with E-state index in [1.807, 2.05) is 37.6 Å². The van der Waals surface area contributed by atoms with Gasteiger partial charge in [0, 0.05) is 17.5 Å². The summed E-state index contributed by atoms with van der Waals surface area (Å²) < 4.78 is 0. The number of aromatic nitrogens is 1. The molecule has 0 aliphatic heterocycles. The number of thioether (sulfide) groups is 1. The molecular weight excluding hydrogens is 218 g/mol. The Kier molecular flexibility index (Phi) is 5.05. The number of pyridine rings is 1. The van der Waals surface area contributed by atoms with Crippen molar-refractivity contribution in [3.63, 3.8) is 0 Å². The molecule has 0 aromatic carbocycles. The summed E-state index contributed by atoms with van der Waals surface area (Å²) in [6.45, 7) is 4.03. The van der Waals surface area contributed by atoms with Crippen LogP contribution in [0, 0.1) is 0 Å². The number of hydrogen-bond acceptors (Lipinski definition) is 3. The molecule has 0 fully saturated rings. The van der Waals surface area contributed by atoms with E-state index in [9.17, 15) is 0 Å². The summed E-state index contributed by atoms with van der Waals surface area (Å²) in [7, 11) is 0. The third-order valence-corrected chi connectivity index (χ3v) is 2.71. The van der Waals surface area contributed by atoms with E-state index in [1.165, 1.54) is 11.8 Å². The van der Waals surface area contributed by atoms with Crippen LogP contribution in [0.2, 0.25) is 0 Å². The predicted molar refractivity (Wildman–Crippen MR) is 72.4 cm³/mol. The number of aliphatic imine (C=N–C) groups is 1. The van der Waals surface area contributed by atoms with Gasteiger partial charge in [0.25, 0.3) is 0 Å². The van der Waals surface area contributed by atoms with E-state index < -0.39 is 0 Å². The topological polar surface area (TPSA) is 51.3 Å². The second kappa shape index (κ2) is 6.33. The molecule has 0 bridgehead atoms. The van der Waals surface area contributed by atoms with Crippen molar-refractivity contribution in [3.05, 3.63) is 35.7 Å². The number of nitrogens with zero attached hydrogens (tertiary/aromatic N) is 2. The molecule has 1 aromatic rings. The van der Waals surface area contributed by atoms with Crippen LogP contribution >= 0.6 is 11.8 Å². The maximum Gasteiger partial charge on any atom is 0.158 e. The van der Waals surface area contributed by atoms with E-state index in [1.54, 1.807) is 0 Å². The number of hydrogen-bond donors (Lipinski definition) is 1. The fraction of sp³-hybridized carbons (Fsp3) is 0.333. The SMILES string of the molecule is C/C=C(/N=C(/N)SC)c1ccc(CC)nc1. The Labute approximate surface area is 101 Å². The smallest absolute Gasteiger partial charge is 0.158 e. The lowest BCUT2D eigenvalue weighted by Gasteiger charge is -2.03. The van der Waals surface area contributed by atoms with Crippen molar-refractivity contribution in [2.24, 2.45) is 10.7 Å². The van der Waals surface area contributed by atoms with E-state index in [2.05, 4.69) is 16.9 Å². The first kappa shape index (κ1) is 12.8. The van der Waals surface area contributed by atoms with Crippen molar-refractivity contribution < 1.29 is 0 Å². The lowest BCUT2D eigenvalue weighted by atomic mass is 10.2. The molecule has 0 radical (unpaired) electrons. The highest BCUT2D eigenvalue weighted by Gasteiger charge is 2.00. The quantitative estimate of drug-likeness (QED) is 0.647. The van der Waals surface area contributed by atoms with E-state index in [0.717, 1.165) is 23.4 Å². The van der Waals surface area contributed by atoms with Gasteiger partial charge in [-0.05, 0) is 31.7 Å². The first-order valence-electron chi connectivity index (χ1n) is 5.21. The van der Waals surface area contributed by atoms with Crippen molar-refractivity contribution in [3.8, 4) is 0 Å². The molecule has 4 heteroatoms. The summed E-state index contributed by atoms with van der Waals surface area (Å²) in [6.07, 6.45) is 6.63. The van der Waals surface area contributed by atoms with Crippen LogP contribution in [0.3, 0.4) is 0 Å². The molecule has 2 N–H and O–H groups in total. The van der Waals surface area contributed by atoms with Gasteiger partial charge in [-0.2, -0.15) is 0 Å². The monoisotopic (exact) mass is 235 g/mol. The van der Waals surface area contributed by atoms with Crippen LogP contribution in [0.4, 0.5) is 0 Å². The summed E-state index contributed by atoms with van der Waals surface area (Å²) in [4.78, 5) is 8.66. The molecule has 0 aliphatic rings. The van der Waals surface area contributed by atoms with Gasteiger partial charge in [0.15, 0.2) is 5.17 Å². The van der Waals surface area contributed by atoms with Crippen molar-refractivity contribution in [1.29, 1.82) is 0 Å². The Morgan fingerprint density at radius 1 is 1.56 bits per heavy atom. The molecule has 0 aliphatic carbocycles. The molecular formula is C12H17N3S. The fourth-order valence-electron chi connectivity index (χ4n) is 1.25. The summed E-state index contributed by atoms with van der Waals surface area (Å²) in [5.74, 6) is 0. The second-order valence-electron chi connectivity index (χ2n) is 3.22. The molecule has 0 saturated heterocycles. The van der Waals surface area contributed by atoms with Gasteiger partial charge < -0.3 is 5.73 Å². The van der Waals surface area contributed by atoms with Crippen molar-refractivity contribution in [2.45, 2.75) is 20.3 Å². The molecule has 1 aromatic heterocycles. The minimum absolute atomic E-state index is 0.563. The van der Waals surface area contributed by atoms with Crippen LogP contribution in [-0.2, 0) is 6.42 Å². The molecule has 0 amide bonds. The first-order valence-corrected chi connectivity index (χ1v) is 6.43. The molecule has 16 heavy (non-hydrogen) atoms. The highest BCUT2D eigenvalue weighted by atomic mass is 32.2. The van der Waals surface area contributed by atoms with E-state index in [-0.39, 0.29) is 0 Å². The average molecular weight is 235 g/mol. The van der Waals surface area contributed by atoms with E-state index >= 15 is 0 Å². The van der Waals surface area contributed by atoms with Gasteiger partial charge in [0.2, 0.25) is 0 Å². The van der Waals surface area contributed by atoms with Crippen LogP contribution in [0.25, 0.3) is 5.70 Å². The van der Waals surface area contributed by atoms with Gasteiger partial charge in [-0.15, -0.1) is 0 Å². The highest BCUT2D eigenvalue weighted by molar-refractivity contribution is 8.13. The molecule has 0 unspecified atom stereocenters. The summed E-state index contributed by atoms with van der Waals surface area (Å²) in [5, 5.41) is 0.563. The summed E-state index contributed by atoms with van der Waals surface area (Å²) >= 11 is 1.44. The minimum atomic E-state index is 0.563. The molecule has 86 valence electrons. The van der Waals surface area contributed by atoms with Gasteiger partial charge in [0.05, 0.1) is 5.70 Å². The van der Waals surface area contributed by atoms with Crippen LogP contribution in [-0.4, -0.2) is 16.4 Å². The molecule has 0 saturated carbocycles. The lowest BCUT2D eigenvalue weighted by molar-refractivity contribution is 1.03. The molecule has 3 nitrogen and oxygen atoms in total. The minimum Gasteiger partial charge on any atom is -0.378 e. The van der Waals surface area contributed by atoms with Gasteiger partial charge in [0.1, 0.15) is 0 Å². The maximum atomic E-state index is 5.69. The van der Waals surface area contributed by atoms with Crippen molar-refractivity contribution >= 4 is 22.6 Å². The Bertz CT molecular complexity index is 393. The summed E-state index contributed by atoms with van der Waals surface area (Å²) in [6, 6.07) is 4.04. The lowest BCUT2D eigenvalue weighted by Crippen LogP contribution is -2.05. The Morgan fingerprint density at radius 2 is 2.31 bits per heavy atom. The van der Waals surface area contributed by atoms with E-state index in [4.69, 9.17) is 5.73 Å². The largest absolute Gasteiger partial charge is 0.378 e. The highest BCUT2D eigenvalue weighted by Crippen LogP contribution is 2.16. The Hall–Kier alpha value is -1.29. The zero-order valence-corrected chi connectivity index (χ0v) is 10.7. The molecule has 1 rings (SSSR count). The number of allylic oxidation sites excluding steroid dienone is 1. The maximum absolute atomic E-state index is 5.69. The fourth-order valence-corrected chi connectivity index (χ4v) is 1.43. The summed E-state index contributed by atoms with van der Waals surface area (Å²) in [5.41, 5.74) is 8.64. The normalized spacial score (nSPS) is 12.9. The molecule has 0 atom stereocenters. The Balaban J connectivity index is 2.97. The van der Waals surface area contributed by atoms with Crippen molar-refractivity contribution in [2.75, 3.05) is 6.26 Å². The van der Waals surface area contributed by atoms with Crippen LogP contribution in [0.15, 0.2) is 29.4 Å². The Morgan fingerprint density at radius 3 is 2.75 bits per heavy atom. The van der Waals surface area contributed by atoms with E-state index in [0.29, 0.717) is 5.17 Å². The standard InChI is InChI=1S/C12H17N3S/c1-4-10-7-6-9(8-14-10)11(5-2)15-12(13)16-3/h5-8H,4H2,1-3H3,(H2,13,15)/b11-5+. The van der Waals surface area contributed by atoms with Gasteiger partial charge in [-0.25, -0.2) is 4.99 Å². The number of aryl methyl sites for hydroxylation is 1. The predicted octanol–water partition coefficient (Wildman–Crippen LogP) is 2.68. The van der Waals surface area contributed by atoms with Crippen LogP contribution in [0.5, 0.6) is 0 Å². The average Bonchev–Trinajstić information content (AvgIpc) is 2.35. The number of amidine groups is 1. The number of nitrogens with two attached hydrogens (primary N) is 1. The van der Waals surface area contributed by atoms with Crippen molar-refractivity contribution in [1.82, 2.24) is 4.98 Å². The zero-order chi connectivity index (χ0) is 12.0. The van der Waals surface area contributed by atoms with Gasteiger partial charge >= 0.3 is 0 Å². The van der Waals surface area contributed by atoms with Gasteiger partial charge in [-0.3, -0.25) is 4.98 Å². The number of rotatable bonds is 3. The molecule has 0 spiro atoms.